The molecular weight excluding hydrogens is 442 g/mol. The second-order valence-corrected chi connectivity index (χ2v) is 7.46. The van der Waals surface area contributed by atoms with E-state index in [-0.39, 0.29) is 16.9 Å². The average molecular weight is 461 g/mol. The number of carbonyl (C=O) groups excluding carboxylic acids is 3. The Kier molecular flexibility index (Phi) is 6.05. The molecule has 3 aromatic carbocycles. The first-order valence-corrected chi connectivity index (χ1v) is 10.3. The second-order valence-electron chi connectivity index (χ2n) is 7.05. The number of hydrogen-bond donors (Lipinski definition) is 2. The highest BCUT2D eigenvalue weighted by atomic mass is 32.1. The summed E-state index contributed by atoms with van der Waals surface area (Å²) in [5, 5.41) is 5.58. The molecule has 166 valence electrons. The van der Waals surface area contributed by atoms with E-state index in [1.165, 1.54) is 14.2 Å². The van der Waals surface area contributed by atoms with E-state index in [1.807, 2.05) is 0 Å². The Balaban J connectivity index is 1.43. The quantitative estimate of drug-likeness (QED) is 0.442. The lowest BCUT2D eigenvalue weighted by Crippen LogP contribution is -2.34. The van der Waals surface area contributed by atoms with Gasteiger partial charge in [-0.1, -0.05) is 12.1 Å². The molecule has 2 N–H and O–H groups in total. The predicted molar refractivity (Wildman–Crippen MR) is 127 cm³/mol. The number of ether oxygens (including phenoxy) is 2. The molecule has 1 aliphatic heterocycles. The first-order valence-electron chi connectivity index (χ1n) is 9.84. The standard InChI is InChI=1S/C24H19N3O5S/c1-31-17-11-14(12-18(13-17)32-2)21(28)26-24(33)25-15-7-9-16(10-8-15)27-22(29)19-5-3-4-6-20(19)23(27)30/h3-13H,1-2H3,(H2,25,26,28,33). The third-order valence-corrected chi connectivity index (χ3v) is 5.22. The fourth-order valence-corrected chi connectivity index (χ4v) is 3.60. The number of rotatable bonds is 5. The molecule has 0 spiro atoms. The van der Waals surface area contributed by atoms with Crippen molar-refractivity contribution in [3.63, 3.8) is 0 Å². The van der Waals surface area contributed by atoms with Crippen molar-refractivity contribution < 1.29 is 23.9 Å². The molecule has 0 unspecified atom stereocenters. The smallest absolute Gasteiger partial charge is 0.266 e. The van der Waals surface area contributed by atoms with Crippen LogP contribution < -0.4 is 25.0 Å². The highest BCUT2D eigenvalue weighted by Crippen LogP contribution is 2.29. The summed E-state index contributed by atoms with van der Waals surface area (Å²) in [5.41, 5.74) is 2.08. The van der Waals surface area contributed by atoms with Crippen LogP contribution in [0.25, 0.3) is 0 Å². The van der Waals surface area contributed by atoms with Crippen molar-refractivity contribution in [3.8, 4) is 11.5 Å². The molecule has 1 heterocycles. The van der Waals surface area contributed by atoms with E-state index >= 15 is 0 Å². The number of nitrogens with one attached hydrogen (secondary N) is 2. The maximum absolute atomic E-state index is 12.6. The summed E-state index contributed by atoms with van der Waals surface area (Å²) in [5.74, 6) is -0.225. The summed E-state index contributed by atoms with van der Waals surface area (Å²) in [6, 6.07) is 18.1. The summed E-state index contributed by atoms with van der Waals surface area (Å²) in [7, 11) is 2.99. The number of anilines is 2. The minimum atomic E-state index is -0.438. The minimum Gasteiger partial charge on any atom is -0.497 e. The SMILES string of the molecule is COc1cc(OC)cc(C(=O)NC(=S)Nc2ccc(N3C(=O)c4ccccc4C3=O)cc2)c1. The maximum Gasteiger partial charge on any atom is 0.266 e. The maximum atomic E-state index is 12.6. The minimum absolute atomic E-state index is 0.0790. The highest BCUT2D eigenvalue weighted by Gasteiger charge is 2.36. The van der Waals surface area contributed by atoms with E-state index in [0.717, 1.165) is 4.90 Å². The third kappa shape index (κ3) is 4.39. The van der Waals surface area contributed by atoms with E-state index < -0.39 is 5.91 Å². The third-order valence-electron chi connectivity index (χ3n) is 5.02. The van der Waals surface area contributed by atoms with Gasteiger partial charge in [0.25, 0.3) is 17.7 Å². The van der Waals surface area contributed by atoms with Crippen LogP contribution in [0.15, 0.2) is 66.7 Å². The molecule has 33 heavy (non-hydrogen) atoms. The van der Waals surface area contributed by atoms with Crippen LogP contribution in [0, 0.1) is 0 Å². The monoisotopic (exact) mass is 461 g/mol. The highest BCUT2D eigenvalue weighted by molar-refractivity contribution is 7.80. The Morgan fingerprint density at radius 1 is 0.848 bits per heavy atom. The molecule has 0 saturated carbocycles. The van der Waals surface area contributed by atoms with Crippen molar-refractivity contribution in [1.29, 1.82) is 0 Å². The van der Waals surface area contributed by atoms with Crippen LogP contribution in [0.5, 0.6) is 11.5 Å². The Morgan fingerprint density at radius 3 is 1.91 bits per heavy atom. The van der Waals surface area contributed by atoms with Gasteiger partial charge in [0, 0.05) is 17.3 Å². The zero-order valence-electron chi connectivity index (χ0n) is 17.7. The van der Waals surface area contributed by atoms with Crippen LogP contribution in [0.2, 0.25) is 0 Å². The second kappa shape index (κ2) is 9.09. The molecule has 0 aromatic heterocycles. The van der Waals surface area contributed by atoms with Crippen molar-refractivity contribution in [1.82, 2.24) is 5.32 Å². The van der Waals surface area contributed by atoms with Gasteiger partial charge in [0.15, 0.2) is 5.11 Å². The van der Waals surface area contributed by atoms with Crippen molar-refractivity contribution in [3.05, 3.63) is 83.4 Å². The lowest BCUT2D eigenvalue weighted by atomic mass is 10.1. The molecule has 3 aromatic rings. The van der Waals surface area contributed by atoms with Gasteiger partial charge in [0.2, 0.25) is 0 Å². The van der Waals surface area contributed by atoms with E-state index in [9.17, 15) is 14.4 Å². The van der Waals surface area contributed by atoms with Gasteiger partial charge in [-0.2, -0.15) is 0 Å². The number of benzene rings is 3. The lowest BCUT2D eigenvalue weighted by molar-refractivity contribution is 0.0923. The Hall–Kier alpha value is -4.24. The Bertz CT molecular complexity index is 1220. The number of amides is 3. The van der Waals surface area contributed by atoms with Gasteiger partial charge in [-0.3, -0.25) is 19.7 Å². The van der Waals surface area contributed by atoms with Crippen molar-refractivity contribution in [2.24, 2.45) is 0 Å². The molecule has 0 saturated heterocycles. The number of thiocarbonyl (C=S) groups is 1. The van der Waals surface area contributed by atoms with Crippen molar-refractivity contribution >= 4 is 46.4 Å². The number of hydrogen-bond acceptors (Lipinski definition) is 6. The largest absolute Gasteiger partial charge is 0.497 e. The van der Waals surface area contributed by atoms with Gasteiger partial charge < -0.3 is 14.8 Å². The van der Waals surface area contributed by atoms with Crippen LogP contribution in [0.4, 0.5) is 11.4 Å². The van der Waals surface area contributed by atoms with Gasteiger partial charge in [-0.15, -0.1) is 0 Å². The van der Waals surface area contributed by atoms with E-state index in [0.29, 0.717) is 39.6 Å². The Morgan fingerprint density at radius 2 is 1.39 bits per heavy atom. The van der Waals surface area contributed by atoms with Gasteiger partial charge in [-0.25, -0.2) is 4.90 Å². The van der Waals surface area contributed by atoms with Gasteiger partial charge in [0.1, 0.15) is 11.5 Å². The average Bonchev–Trinajstić information content (AvgIpc) is 3.09. The number of carbonyl (C=O) groups is 3. The van der Waals surface area contributed by atoms with E-state index in [4.69, 9.17) is 21.7 Å². The summed E-state index contributed by atoms with van der Waals surface area (Å²) < 4.78 is 10.4. The topological polar surface area (TPSA) is 97.0 Å². The number of nitrogens with zero attached hydrogens (tertiary/aromatic N) is 1. The molecule has 8 nitrogen and oxygen atoms in total. The fraction of sp³-hybridized carbons (Fsp3) is 0.0833. The molecule has 4 rings (SSSR count). The van der Waals surface area contributed by atoms with Crippen LogP contribution in [0.3, 0.4) is 0 Å². The fourth-order valence-electron chi connectivity index (χ4n) is 3.39. The van der Waals surface area contributed by atoms with Gasteiger partial charge in [-0.05, 0) is 60.7 Å². The summed E-state index contributed by atoms with van der Waals surface area (Å²) in [6.45, 7) is 0. The predicted octanol–water partition coefficient (Wildman–Crippen LogP) is 3.63. The summed E-state index contributed by atoms with van der Waals surface area (Å²) in [4.78, 5) is 38.9. The summed E-state index contributed by atoms with van der Waals surface area (Å²) in [6.07, 6.45) is 0. The van der Waals surface area contributed by atoms with Crippen molar-refractivity contribution in [2.45, 2.75) is 0 Å². The number of methoxy groups -OCH3 is 2. The van der Waals surface area contributed by atoms with Crippen molar-refractivity contribution in [2.75, 3.05) is 24.4 Å². The molecule has 0 aliphatic carbocycles. The van der Waals surface area contributed by atoms with Gasteiger partial charge >= 0.3 is 0 Å². The molecule has 9 heteroatoms. The molecule has 0 bridgehead atoms. The first-order chi connectivity index (χ1) is 15.9. The summed E-state index contributed by atoms with van der Waals surface area (Å²) >= 11 is 5.24. The number of imide groups is 1. The zero-order chi connectivity index (χ0) is 23.5. The molecule has 0 radical (unpaired) electrons. The molecule has 3 amide bonds. The molecule has 1 aliphatic rings. The van der Waals surface area contributed by atoms with E-state index in [1.54, 1.807) is 66.7 Å². The van der Waals surface area contributed by atoms with E-state index in [2.05, 4.69) is 10.6 Å². The Labute approximate surface area is 195 Å². The molecular formula is C24H19N3O5S. The number of fused-ring (bicyclic) bond motifs is 1. The normalized spacial score (nSPS) is 12.2. The first kappa shape index (κ1) is 22.0. The van der Waals surface area contributed by atoms with Crippen LogP contribution in [-0.2, 0) is 0 Å². The molecule has 0 atom stereocenters. The zero-order valence-corrected chi connectivity index (χ0v) is 18.6. The van der Waals surface area contributed by atoms with Crippen LogP contribution in [0.1, 0.15) is 31.1 Å². The van der Waals surface area contributed by atoms with Crippen LogP contribution >= 0.6 is 12.2 Å². The molecule has 0 fully saturated rings. The van der Waals surface area contributed by atoms with Crippen LogP contribution in [-0.4, -0.2) is 37.1 Å². The van der Waals surface area contributed by atoms with Gasteiger partial charge in [0.05, 0.1) is 31.0 Å². The lowest BCUT2D eigenvalue weighted by Gasteiger charge is -2.15.